The molecule has 26 heavy (non-hydrogen) atoms. The minimum atomic E-state index is -0.537. The number of benzene rings is 1. The third-order valence-electron chi connectivity index (χ3n) is 4.76. The van der Waals surface area contributed by atoms with Crippen molar-refractivity contribution in [3.8, 4) is 0 Å². The van der Waals surface area contributed by atoms with Gasteiger partial charge in [-0.3, -0.25) is 4.57 Å². The fraction of sp³-hybridized carbons (Fsp3) is 0.353. The van der Waals surface area contributed by atoms with Crippen molar-refractivity contribution in [2.75, 3.05) is 12.3 Å². The van der Waals surface area contributed by atoms with Crippen LogP contribution in [0.5, 0.6) is 0 Å². The van der Waals surface area contributed by atoms with E-state index in [1.54, 1.807) is 10.9 Å². The van der Waals surface area contributed by atoms with E-state index >= 15 is 0 Å². The van der Waals surface area contributed by atoms with Crippen molar-refractivity contribution in [2.45, 2.75) is 30.8 Å². The zero-order valence-electron chi connectivity index (χ0n) is 13.7. The van der Waals surface area contributed by atoms with E-state index in [4.69, 9.17) is 19.9 Å². The minimum absolute atomic E-state index is 0.174. The number of anilines is 1. The Kier molecular flexibility index (Phi) is 3.61. The lowest BCUT2D eigenvalue weighted by molar-refractivity contribution is -0.153. The van der Waals surface area contributed by atoms with Crippen LogP contribution in [-0.2, 0) is 14.2 Å². The molecule has 5 rings (SSSR count). The summed E-state index contributed by atoms with van der Waals surface area (Å²) in [6.45, 7) is -0.174. The van der Waals surface area contributed by atoms with Crippen molar-refractivity contribution in [1.82, 2.24) is 19.5 Å². The van der Waals surface area contributed by atoms with E-state index in [1.807, 2.05) is 30.3 Å². The first-order chi connectivity index (χ1) is 12.8. The number of aliphatic hydroxyl groups excluding tert-OH is 1. The third-order valence-corrected chi connectivity index (χ3v) is 4.76. The molecule has 0 bridgehead atoms. The number of nitrogens with two attached hydrogens (primary N) is 1. The van der Waals surface area contributed by atoms with Crippen LogP contribution in [0.25, 0.3) is 11.2 Å². The maximum Gasteiger partial charge on any atom is 0.185 e. The summed E-state index contributed by atoms with van der Waals surface area (Å²) in [6.07, 6.45) is 0.612. The highest BCUT2D eigenvalue weighted by molar-refractivity contribution is 5.81. The molecule has 5 atom stereocenters. The number of nitrogen functional groups attached to an aromatic ring is 1. The molecule has 2 aliphatic rings. The molecule has 2 aliphatic heterocycles. The summed E-state index contributed by atoms with van der Waals surface area (Å²) in [5.41, 5.74) is 7.83. The van der Waals surface area contributed by atoms with Crippen molar-refractivity contribution < 1.29 is 19.3 Å². The van der Waals surface area contributed by atoms with Crippen LogP contribution in [0.1, 0.15) is 18.1 Å². The van der Waals surface area contributed by atoms with E-state index in [0.29, 0.717) is 17.0 Å². The van der Waals surface area contributed by atoms with Gasteiger partial charge in [-0.05, 0) is 0 Å². The fourth-order valence-corrected chi connectivity index (χ4v) is 3.53. The van der Waals surface area contributed by atoms with Crippen LogP contribution in [0.2, 0.25) is 0 Å². The molecule has 9 heteroatoms. The zero-order chi connectivity index (χ0) is 17.7. The second kappa shape index (κ2) is 5.99. The standard InChI is InChI=1S/C17H17N5O4/c18-14-11-15(20-7-19-14)22(8-21-11)16-13-12(10(6-23)24-16)25-17(26-13)9-4-2-1-3-5-9/h1-5,7-8,10,12-13,16-17,23H,6H2,(H2,18,19,20)/t10-,12-,13-,16-,17?/m1/s1. The normalized spacial score (nSPS) is 30.7. The average molecular weight is 355 g/mol. The molecule has 2 saturated heterocycles. The molecule has 3 aromatic rings. The first kappa shape index (κ1) is 15.6. The Morgan fingerprint density at radius 2 is 1.85 bits per heavy atom. The lowest BCUT2D eigenvalue weighted by Gasteiger charge is -2.20. The second-order valence-electron chi connectivity index (χ2n) is 6.27. The molecule has 0 saturated carbocycles. The number of aromatic nitrogens is 4. The number of nitrogens with zero attached hydrogens (tertiary/aromatic N) is 4. The molecule has 9 nitrogen and oxygen atoms in total. The molecule has 0 radical (unpaired) electrons. The van der Waals surface area contributed by atoms with Crippen LogP contribution in [0, 0.1) is 0 Å². The summed E-state index contributed by atoms with van der Waals surface area (Å²) in [7, 11) is 0. The van der Waals surface area contributed by atoms with Crippen LogP contribution in [0.3, 0.4) is 0 Å². The van der Waals surface area contributed by atoms with E-state index in [9.17, 15) is 5.11 Å². The first-order valence-corrected chi connectivity index (χ1v) is 8.31. The van der Waals surface area contributed by atoms with Gasteiger partial charge in [-0.1, -0.05) is 30.3 Å². The molecule has 0 aliphatic carbocycles. The minimum Gasteiger partial charge on any atom is -0.394 e. The third kappa shape index (κ3) is 2.29. The summed E-state index contributed by atoms with van der Waals surface area (Å²) in [4.78, 5) is 12.5. The number of fused-ring (bicyclic) bond motifs is 2. The second-order valence-corrected chi connectivity index (χ2v) is 6.27. The van der Waals surface area contributed by atoms with Gasteiger partial charge in [0.25, 0.3) is 0 Å². The lowest BCUT2D eigenvalue weighted by Crippen LogP contribution is -2.30. The Balaban J connectivity index is 1.51. The number of imidazole rings is 1. The van der Waals surface area contributed by atoms with E-state index in [1.165, 1.54) is 6.33 Å². The topological polar surface area (TPSA) is 118 Å². The van der Waals surface area contributed by atoms with Gasteiger partial charge in [0.05, 0.1) is 12.9 Å². The molecule has 2 fully saturated rings. The Morgan fingerprint density at radius 1 is 1.04 bits per heavy atom. The van der Waals surface area contributed by atoms with Gasteiger partial charge in [0.2, 0.25) is 0 Å². The number of rotatable bonds is 3. The molecule has 1 aromatic carbocycles. The fourth-order valence-electron chi connectivity index (χ4n) is 3.53. The molecule has 0 amide bonds. The van der Waals surface area contributed by atoms with E-state index in [2.05, 4.69) is 15.0 Å². The molecule has 134 valence electrons. The Hall–Kier alpha value is -2.59. The average Bonchev–Trinajstić information content (AvgIpc) is 3.36. The maximum absolute atomic E-state index is 9.71. The first-order valence-electron chi connectivity index (χ1n) is 8.31. The van der Waals surface area contributed by atoms with Crippen molar-refractivity contribution in [2.24, 2.45) is 0 Å². The van der Waals surface area contributed by atoms with Crippen LogP contribution in [-0.4, -0.2) is 49.5 Å². The molecule has 4 heterocycles. The maximum atomic E-state index is 9.71. The van der Waals surface area contributed by atoms with Crippen LogP contribution in [0.15, 0.2) is 43.0 Å². The molecule has 3 N–H and O–H groups in total. The number of hydrogen-bond donors (Lipinski definition) is 2. The van der Waals surface area contributed by atoms with Gasteiger partial charge >= 0.3 is 0 Å². The van der Waals surface area contributed by atoms with Gasteiger partial charge in [-0.15, -0.1) is 0 Å². The number of ether oxygens (including phenoxy) is 3. The van der Waals surface area contributed by atoms with Crippen molar-refractivity contribution in [3.63, 3.8) is 0 Å². The monoisotopic (exact) mass is 355 g/mol. The SMILES string of the molecule is Nc1ncnc2c1ncn2[C@@H]1O[C@H](CO)[C@H]2OC(c3ccccc3)O[C@H]21. The van der Waals surface area contributed by atoms with Gasteiger partial charge in [0, 0.05) is 5.56 Å². The zero-order valence-corrected chi connectivity index (χ0v) is 13.7. The molecule has 0 spiro atoms. The Morgan fingerprint density at radius 3 is 2.65 bits per heavy atom. The smallest absolute Gasteiger partial charge is 0.185 e. The number of hydrogen-bond acceptors (Lipinski definition) is 8. The highest BCUT2D eigenvalue weighted by Gasteiger charge is 2.53. The van der Waals surface area contributed by atoms with Gasteiger partial charge in [0.1, 0.15) is 30.2 Å². The Bertz CT molecular complexity index is 933. The summed E-state index contributed by atoms with van der Waals surface area (Å²) in [5.74, 6) is 0.299. The van der Waals surface area contributed by atoms with E-state index < -0.39 is 30.8 Å². The Labute approximate surface area is 148 Å². The molecule has 2 aromatic heterocycles. The van der Waals surface area contributed by atoms with Gasteiger partial charge in [0.15, 0.2) is 24.0 Å². The predicted molar refractivity (Wildman–Crippen MR) is 89.7 cm³/mol. The van der Waals surface area contributed by atoms with Crippen molar-refractivity contribution in [3.05, 3.63) is 48.5 Å². The quantitative estimate of drug-likeness (QED) is 0.708. The predicted octanol–water partition coefficient (Wildman–Crippen LogP) is 0.781. The van der Waals surface area contributed by atoms with Crippen molar-refractivity contribution in [1.29, 1.82) is 0 Å². The summed E-state index contributed by atoms with van der Waals surface area (Å²) in [5, 5.41) is 9.71. The van der Waals surface area contributed by atoms with Crippen LogP contribution >= 0.6 is 0 Å². The van der Waals surface area contributed by atoms with Crippen molar-refractivity contribution >= 4 is 17.0 Å². The highest BCUT2D eigenvalue weighted by Crippen LogP contribution is 2.44. The molecule has 1 unspecified atom stereocenters. The largest absolute Gasteiger partial charge is 0.394 e. The number of aliphatic hydroxyl groups is 1. The lowest BCUT2D eigenvalue weighted by atomic mass is 10.1. The van der Waals surface area contributed by atoms with Crippen LogP contribution in [0.4, 0.5) is 5.82 Å². The van der Waals surface area contributed by atoms with E-state index in [-0.39, 0.29) is 6.61 Å². The van der Waals surface area contributed by atoms with Gasteiger partial charge in [-0.2, -0.15) is 0 Å². The summed E-state index contributed by atoms with van der Waals surface area (Å²) in [6, 6.07) is 9.67. The summed E-state index contributed by atoms with van der Waals surface area (Å²) < 4.78 is 19.9. The van der Waals surface area contributed by atoms with Gasteiger partial charge < -0.3 is 25.1 Å². The van der Waals surface area contributed by atoms with Gasteiger partial charge in [-0.25, -0.2) is 15.0 Å². The molecular formula is C17H17N5O4. The summed E-state index contributed by atoms with van der Waals surface area (Å²) >= 11 is 0. The molecular weight excluding hydrogens is 338 g/mol. The highest BCUT2D eigenvalue weighted by atomic mass is 16.8. The van der Waals surface area contributed by atoms with E-state index in [0.717, 1.165) is 5.56 Å². The van der Waals surface area contributed by atoms with Crippen LogP contribution < -0.4 is 5.73 Å².